The number of nitrogens with one attached hydrogen (secondary N) is 1. The summed E-state index contributed by atoms with van der Waals surface area (Å²) in [4.78, 5) is 35.6. The maximum absolute atomic E-state index is 12.1. The molecule has 1 aromatic heterocycles. The van der Waals surface area contributed by atoms with Crippen molar-refractivity contribution in [1.29, 1.82) is 0 Å². The SMILES string of the molecule is Cc1nccn1CCN1CCC(CCC(=O)Nc2ccccc2)CC1.O=CO.O=CO. The molecule has 9 nitrogen and oxygen atoms in total. The maximum atomic E-state index is 12.1. The second kappa shape index (κ2) is 15.6. The van der Waals surface area contributed by atoms with Gasteiger partial charge in [0.25, 0.3) is 12.9 Å². The molecule has 0 saturated carbocycles. The fourth-order valence-electron chi connectivity index (χ4n) is 3.47. The first kappa shape index (κ1) is 25.8. The fraction of sp³-hybridized carbons (Fsp3) is 0.455. The zero-order valence-corrected chi connectivity index (χ0v) is 17.9. The average Bonchev–Trinajstić information content (AvgIpc) is 3.18. The van der Waals surface area contributed by atoms with Crippen LogP contribution in [0, 0.1) is 12.8 Å². The quantitative estimate of drug-likeness (QED) is 0.575. The molecule has 0 spiro atoms. The van der Waals surface area contributed by atoms with Crippen LogP contribution >= 0.6 is 0 Å². The van der Waals surface area contributed by atoms with E-state index in [1.54, 1.807) is 0 Å². The monoisotopic (exact) mass is 432 g/mol. The van der Waals surface area contributed by atoms with Gasteiger partial charge in [0.1, 0.15) is 5.82 Å². The summed E-state index contributed by atoms with van der Waals surface area (Å²) in [5, 5.41) is 16.8. The smallest absolute Gasteiger partial charge is 0.290 e. The van der Waals surface area contributed by atoms with Crippen LogP contribution in [-0.4, -0.2) is 63.1 Å². The Morgan fingerprint density at radius 2 is 1.74 bits per heavy atom. The number of carboxylic acid groups (broad SMARTS) is 2. The number of likely N-dealkylation sites (tertiary alicyclic amines) is 1. The molecule has 1 saturated heterocycles. The van der Waals surface area contributed by atoms with E-state index in [1.807, 2.05) is 49.6 Å². The number of amides is 1. The molecule has 2 aromatic rings. The van der Waals surface area contributed by atoms with E-state index in [9.17, 15) is 4.79 Å². The molecule has 1 amide bonds. The number of imidazole rings is 1. The van der Waals surface area contributed by atoms with E-state index < -0.39 is 0 Å². The standard InChI is InChI=1S/C20H28N4O.2CH2O2/c1-17-21-11-14-24(17)16-15-23-12-9-18(10-13-23)7-8-20(25)22-19-5-3-2-4-6-19;2*2-1-3/h2-6,11,14,18H,7-10,12-13,15-16H2,1H3,(H,22,25);2*1H,(H,2,3). The lowest BCUT2D eigenvalue weighted by Gasteiger charge is -2.32. The largest absolute Gasteiger partial charge is 0.483 e. The number of carbonyl (C=O) groups excluding carboxylic acids is 1. The number of hydrogen-bond donors (Lipinski definition) is 3. The molecule has 0 aliphatic carbocycles. The summed E-state index contributed by atoms with van der Waals surface area (Å²) >= 11 is 0. The molecular weight excluding hydrogens is 400 g/mol. The van der Waals surface area contributed by atoms with Gasteiger partial charge >= 0.3 is 0 Å². The Hall–Kier alpha value is -3.20. The summed E-state index contributed by atoms with van der Waals surface area (Å²) in [6.07, 6.45) is 7.92. The van der Waals surface area contributed by atoms with Gasteiger partial charge in [0.15, 0.2) is 0 Å². The van der Waals surface area contributed by atoms with Crippen LogP contribution in [0.15, 0.2) is 42.7 Å². The van der Waals surface area contributed by atoms with Crippen LogP contribution in [0.25, 0.3) is 0 Å². The first-order valence-electron chi connectivity index (χ1n) is 10.2. The van der Waals surface area contributed by atoms with E-state index in [4.69, 9.17) is 19.8 Å². The Kier molecular flexibility index (Phi) is 13.0. The zero-order valence-electron chi connectivity index (χ0n) is 17.9. The molecule has 3 rings (SSSR count). The first-order chi connectivity index (χ1) is 15.0. The molecule has 0 unspecified atom stereocenters. The summed E-state index contributed by atoms with van der Waals surface area (Å²) in [6, 6.07) is 9.70. The summed E-state index contributed by atoms with van der Waals surface area (Å²) < 4.78 is 2.21. The van der Waals surface area contributed by atoms with Crippen molar-refractivity contribution in [2.75, 3.05) is 25.0 Å². The minimum atomic E-state index is -0.250. The van der Waals surface area contributed by atoms with Gasteiger partial charge < -0.3 is 25.0 Å². The van der Waals surface area contributed by atoms with Gasteiger partial charge in [-0.05, 0) is 57.3 Å². The average molecular weight is 433 g/mol. The number of anilines is 1. The highest BCUT2D eigenvalue weighted by Gasteiger charge is 2.19. The Morgan fingerprint density at radius 1 is 1.13 bits per heavy atom. The molecule has 170 valence electrons. The number of rotatable bonds is 7. The van der Waals surface area contributed by atoms with Gasteiger partial charge in [-0.3, -0.25) is 14.4 Å². The summed E-state index contributed by atoms with van der Waals surface area (Å²) in [5.41, 5.74) is 0.886. The highest BCUT2D eigenvalue weighted by molar-refractivity contribution is 5.90. The molecule has 3 N–H and O–H groups in total. The van der Waals surface area contributed by atoms with Crippen molar-refractivity contribution < 1.29 is 24.6 Å². The minimum absolute atomic E-state index is 0.129. The lowest BCUT2D eigenvalue weighted by Crippen LogP contribution is -2.36. The van der Waals surface area contributed by atoms with Crippen molar-refractivity contribution in [2.24, 2.45) is 5.92 Å². The Balaban J connectivity index is 0.000000720. The summed E-state index contributed by atoms with van der Waals surface area (Å²) in [5.74, 6) is 1.89. The van der Waals surface area contributed by atoms with Crippen molar-refractivity contribution in [3.05, 3.63) is 48.5 Å². The second-order valence-corrected chi connectivity index (χ2v) is 7.12. The van der Waals surface area contributed by atoms with E-state index in [0.717, 1.165) is 44.1 Å². The van der Waals surface area contributed by atoms with Gasteiger partial charge in [-0.1, -0.05) is 18.2 Å². The van der Waals surface area contributed by atoms with Crippen molar-refractivity contribution in [3.63, 3.8) is 0 Å². The van der Waals surface area contributed by atoms with Crippen LogP contribution in [0.1, 0.15) is 31.5 Å². The van der Waals surface area contributed by atoms with E-state index in [1.165, 1.54) is 12.8 Å². The molecule has 1 aliphatic heterocycles. The van der Waals surface area contributed by atoms with Crippen LogP contribution in [0.4, 0.5) is 5.69 Å². The van der Waals surface area contributed by atoms with Crippen molar-refractivity contribution in [3.8, 4) is 0 Å². The molecule has 2 heterocycles. The zero-order chi connectivity index (χ0) is 22.9. The molecule has 9 heteroatoms. The highest BCUT2D eigenvalue weighted by Crippen LogP contribution is 2.22. The van der Waals surface area contributed by atoms with Crippen LogP contribution in [0.2, 0.25) is 0 Å². The lowest BCUT2D eigenvalue weighted by molar-refractivity contribution is -0.123. The first-order valence-corrected chi connectivity index (χ1v) is 10.2. The van der Waals surface area contributed by atoms with E-state index in [-0.39, 0.29) is 18.9 Å². The van der Waals surface area contributed by atoms with Gasteiger partial charge in [0.05, 0.1) is 0 Å². The minimum Gasteiger partial charge on any atom is -0.483 e. The van der Waals surface area contributed by atoms with Crippen LogP contribution in [0.5, 0.6) is 0 Å². The third-order valence-electron chi connectivity index (χ3n) is 5.13. The van der Waals surface area contributed by atoms with E-state index in [0.29, 0.717) is 12.3 Å². The highest BCUT2D eigenvalue weighted by atomic mass is 16.3. The summed E-state index contributed by atoms with van der Waals surface area (Å²) in [6.45, 7) is 5.92. The van der Waals surface area contributed by atoms with Crippen molar-refractivity contribution >= 4 is 24.5 Å². The number of carbonyl (C=O) groups is 3. The van der Waals surface area contributed by atoms with Gasteiger partial charge in [0, 0.05) is 37.6 Å². The number of para-hydroxylation sites is 1. The van der Waals surface area contributed by atoms with E-state index in [2.05, 4.69) is 19.8 Å². The number of aromatic nitrogens is 2. The molecule has 0 atom stereocenters. The normalized spacial score (nSPS) is 13.7. The molecule has 0 bridgehead atoms. The third-order valence-corrected chi connectivity index (χ3v) is 5.13. The predicted molar refractivity (Wildman–Crippen MR) is 118 cm³/mol. The molecule has 1 fully saturated rings. The number of benzene rings is 1. The number of aryl methyl sites for hydroxylation is 1. The molecule has 1 aliphatic rings. The molecule has 0 radical (unpaired) electrons. The maximum Gasteiger partial charge on any atom is 0.290 e. The van der Waals surface area contributed by atoms with Crippen molar-refractivity contribution in [1.82, 2.24) is 14.5 Å². The number of piperidine rings is 1. The van der Waals surface area contributed by atoms with Gasteiger partial charge in [-0.2, -0.15) is 0 Å². The number of nitrogens with zero attached hydrogens (tertiary/aromatic N) is 3. The topological polar surface area (TPSA) is 125 Å². The Morgan fingerprint density at radius 3 is 2.29 bits per heavy atom. The molecule has 31 heavy (non-hydrogen) atoms. The molecular formula is C22H32N4O5. The van der Waals surface area contributed by atoms with Gasteiger partial charge in [0.2, 0.25) is 5.91 Å². The Bertz CT molecular complexity index is 752. The van der Waals surface area contributed by atoms with Gasteiger partial charge in [-0.15, -0.1) is 0 Å². The lowest BCUT2D eigenvalue weighted by atomic mass is 9.92. The second-order valence-electron chi connectivity index (χ2n) is 7.12. The predicted octanol–water partition coefficient (Wildman–Crippen LogP) is 2.72. The Labute approximate surface area is 182 Å². The van der Waals surface area contributed by atoms with Gasteiger partial charge in [-0.25, -0.2) is 4.98 Å². The van der Waals surface area contributed by atoms with Crippen LogP contribution in [-0.2, 0) is 20.9 Å². The molecule has 1 aromatic carbocycles. The van der Waals surface area contributed by atoms with Crippen molar-refractivity contribution in [2.45, 2.75) is 39.2 Å². The van der Waals surface area contributed by atoms with Crippen LogP contribution < -0.4 is 5.32 Å². The summed E-state index contributed by atoms with van der Waals surface area (Å²) in [7, 11) is 0. The van der Waals surface area contributed by atoms with Crippen LogP contribution in [0.3, 0.4) is 0 Å². The fourth-order valence-corrected chi connectivity index (χ4v) is 3.47. The van der Waals surface area contributed by atoms with E-state index >= 15 is 0 Å². The number of hydrogen-bond acceptors (Lipinski definition) is 5. The third kappa shape index (κ3) is 10.9.